The lowest BCUT2D eigenvalue weighted by Crippen LogP contribution is -2.35. The smallest absolute Gasteiger partial charge is 0.267 e. The third-order valence-electron chi connectivity index (χ3n) is 4.83. The molecule has 0 aliphatic rings. The lowest BCUT2D eigenvalue weighted by molar-refractivity contribution is -0.117. The van der Waals surface area contributed by atoms with Crippen LogP contribution in [-0.2, 0) is 4.79 Å². The van der Waals surface area contributed by atoms with Gasteiger partial charge in [0.05, 0.1) is 0 Å². The summed E-state index contributed by atoms with van der Waals surface area (Å²) in [4.78, 5) is 27.4. The number of carbonyl (C=O) groups excluding carboxylic acids is 2. The van der Waals surface area contributed by atoms with Crippen LogP contribution in [0.2, 0.25) is 0 Å². The van der Waals surface area contributed by atoms with Crippen molar-refractivity contribution in [3.05, 3.63) is 71.4 Å². The van der Waals surface area contributed by atoms with E-state index in [1.165, 1.54) is 0 Å². The summed E-state index contributed by atoms with van der Waals surface area (Å²) >= 11 is 0. The second-order valence-electron chi connectivity index (χ2n) is 7.08. The average molecular weight is 424 g/mol. The maximum Gasteiger partial charge on any atom is 0.267 e. The van der Waals surface area contributed by atoms with E-state index >= 15 is 0 Å². The highest BCUT2D eigenvalue weighted by molar-refractivity contribution is 6.05. The zero-order valence-electron chi connectivity index (χ0n) is 18.7. The van der Waals surface area contributed by atoms with Crippen molar-refractivity contribution in [2.75, 3.05) is 32.8 Å². The maximum absolute atomic E-state index is 12.6. The predicted octanol–water partition coefficient (Wildman–Crippen LogP) is 3.70. The predicted molar refractivity (Wildman–Crippen MR) is 125 cm³/mol. The number of nitrogens with one attached hydrogen (secondary N) is 2. The summed E-state index contributed by atoms with van der Waals surface area (Å²) in [5.41, 5.74) is 1.50. The van der Waals surface area contributed by atoms with Crippen LogP contribution in [0.3, 0.4) is 0 Å². The molecule has 166 valence electrons. The van der Waals surface area contributed by atoms with Crippen LogP contribution in [0, 0.1) is 0 Å². The zero-order valence-corrected chi connectivity index (χ0v) is 18.7. The van der Waals surface area contributed by atoms with E-state index in [9.17, 15) is 9.59 Å². The highest BCUT2D eigenvalue weighted by atomic mass is 16.5. The highest BCUT2D eigenvalue weighted by Crippen LogP contribution is 2.15. The summed E-state index contributed by atoms with van der Waals surface area (Å²) in [5.74, 6) is 0.134. The topological polar surface area (TPSA) is 70.7 Å². The minimum Gasteiger partial charge on any atom is -0.492 e. The molecule has 0 aliphatic carbocycles. The Morgan fingerprint density at radius 1 is 0.968 bits per heavy atom. The molecule has 2 aromatic carbocycles. The zero-order chi connectivity index (χ0) is 22.5. The number of hydrogen-bond acceptors (Lipinski definition) is 4. The van der Waals surface area contributed by atoms with Gasteiger partial charge in [0.2, 0.25) is 0 Å². The Balaban J connectivity index is 2.09. The molecule has 0 aliphatic heterocycles. The molecule has 0 unspecified atom stereocenters. The van der Waals surface area contributed by atoms with Gasteiger partial charge in [-0.25, -0.2) is 0 Å². The van der Waals surface area contributed by atoms with E-state index in [1.807, 2.05) is 37.3 Å². The SMILES string of the molecule is CCCNC(=O)/C(=C\c1ccc(OCCN(CC)CC)cc1)NC(=O)c1ccccc1. The number of ether oxygens (including phenoxy) is 1. The molecule has 0 spiro atoms. The van der Waals surface area contributed by atoms with Crippen LogP contribution in [0.15, 0.2) is 60.3 Å². The van der Waals surface area contributed by atoms with Crippen LogP contribution < -0.4 is 15.4 Å². The largest absolute Gasteiger partial charge is 0.492 e. The van der Waals surface area contributed by atoms with Crippen LogP contribution >= 0.6 is 0 Å². The molecule has 31 heavy (non-hydrogen) atoms. The van der Waals surface area contributed by atoms with Crippen molar-refractivity contribution >= 4 is 17.9 Å². The Hall–Kier alpha value is -3.12. The number of rotatable bonds is 12. The first kappa shape index (κ1) is 24.2. The molecule has 2 aromatic rings. The van der Waals surface area contributed by atoms with Crippen LogP contribution in [-0.4, -0.2) is 49.5 Å². The fourth-order valence-electron chi connectivity index (χ4n) is 2.94. The number of benzene rings is 2. The van der Waals surface area contributed by atoms with E-state index in [0.717, 1.165) is 37.4 Å². The molecule has 0 saturated carbocycles. The van der Waals surface area contributed by atoms with Gasteiger partial charge in [-0.1, -0.05) is 51.1 Å². The molecule has 6 nitrogen and oxygen atoms in total. The van der Waals surface area contributed by atoms with Gasteiger partial charge in [-0.05, 0) is 55.4 Å². The molecule has 0 fully saturated rings. The molecule has 0 radical (unpaired) electrons. The second-order valence-corrected chi connectivity index (χ2v) is 7.08. The normalized spacial score (nSPS) is 11.3. The molecule has 6 heteroatoms. The standard InChI is InChI=1S/C25H33N3O3/c1-4-16-26-25(30)23(27-24(29)21-10-8-7-9-11-21)19-20-12-14-22(15-13-20)31-18-17-28(5-2)6-3/h7-15,19H,4-6,16-18H2,1-3H3,(H,26,30)(H,27,29)/b23-19+. The number of carbonyl (C=O) groups is 2. The average Bonchev–Trinajstić information content (AvgIpc) is 2.81. The Morgan fingerprint density at radius 2 is 1.65 bits per heavy atom. The number of hydrogen-bond donors (Lipinski definition) is 2. The molecular formula is C25H33N3O3. The van der Waals surface area contributed by atoms with Crippen molar-refractivity contribution < 1.29 is 14.3 Å². The van der Waals surface area contributed by atoms with Gasteiger partial charge in [-0.15, -0.1) is 0 Å². The van der Waals surface area contributed by atoms with Crippen molar-refractivity contribution in [2.45, 2.75) is 27.2 Å². The van der Waals surface area contributed by atoms with Crippen molar-refractivity contribution in [1.82, 2.24) is 15.5 Å². The van der Waals surface area contributed by atoms with Crippen LogP contribution in [0.4, 0.5) is 0 Å². The molecular weight excluding hydrogens is 390 g/mol. The first-order chi connectivity index (χ1) is 15.1. The van der Waals surface area contributed by atoms with E-state index in [2.05, 4.69) is 29.4 Å². The van der Waals surface area contributed by atoms with E-state index in [-0.39, 0.29) is 17.5 Å². The van der Waals surface area contributed by atoms with E-state index in [0.29, 0.717) is 18.7 Å². The third kappa shape index (κ3) is 8.26. The van der Waals surface area contributed by atoms with E-state index in [4.69, 9.17) is 4.74 Å². The number of amides is 2. The van der Waals surface area contributed by atoms with Gasteiger partial charge in [-0.2, -0.15) is 0 Å². The summed E-state index contributed by atoms with van der Waals surface area (Å²) in [7, 11) is 0. The van der Waals surface area contributed by atoms with Crippen LogP contribution in [0.25, 0.3) is 6.08 Å². The van der Waals surface area contributed by atoms with Gasteiger partial charge >= 0.3 is 0 Å². The Labute approximate surface area is 185 Å². The first-order valence-corrected chi connectivity index (χ1v) is 10.9. The van der Waals surface area contributed by atoms with Gasteiger partial charge in [0.15, 0.2) is 0 Å². The molecule has 2 rings (SSSR count). The van der Waals surface area contributed by atoms with Crippen LogP contribution in [0.5, 0.6) is 5.75 Å². The Bertz CT molecular complexity index is 844. The van der Waals surface area contributed by atoms with Crippen LogP contribution in [0.1, 0.15) is 43.1 Å². The first-order valence-electron chi connectivity index (χ1n) is 10.9. The van der Waals surface area contributed by atoms with Gasteiger partial charge < -0.3 is 20.3 Å². The van der Waals surface area contributed by atoms with Gasteiger partial charge in [-0.3, -0.25) is 9.59 Å². The van der Waals surface area contributed by atoms with Gasteiger partial charge in [0.25, 0.3) is 11.8 Å². The molecule has 0 atom stereocenters. The molecule has 0 aromatic heterocycles. The minimum absolute atomic E-state index is 0.206. The van der Waals surface area contributed by atoms with E-state index in [1.54, 1.807) is 30.3 Å². The van der Waals surface area contributed by atoms with Crippen molar-refractivity contribution in [3.63, 3.8) is 0 Å². The summed E-state index contributed by atoms with van der Waals surface area (Å²) in [6.07, 6.45) is 2.48. The lowest BCUT2D eigenvalue weighted by atomic mass is 10.1. The van der Waals surface area contributed by atoms with Crippen molar-refractivity contribution in [1.29, 1.82) is 0 Å². The molecule has 0 heterocycles. The van der Waals surface area contributed by atoms with E-state index < -0.39 is 0 Å². The molecule has 2 amide bonds. The third-order valence-corrected chi connectivity index (χ3v) is 4.83. The van der Waals surface area contributed by atoms with Crippen molar-refractivity contribution in [3.8, 4) is 5.75 Å². The number of nitrogens with zero attached hydrogens (tertiary/aromatic N) is 1. The summed E-state index contributed by atoms with van der Waals surface area (Å²) < 4.78 is 5.81. The summed E-state index contributed by atoms with van der Waals surface area (Å²) in [5, 5.41) is 5.56. The Morgan fingerprint density at radius 3 is 2.26 bits per heavy atom. The van der Waals surface area contributed by atoms with Crippen molar-refractivity contribution in [2.24, 2.45) is 0 Å². The summed E-state index contributed by atoms with van der Waals surface area (Å²) in [6.45, 7) is 10.3. The highest BCUT2D eigenvalue weighted by Gasteiger charge is 2.14. The molecule has 0 saturated heterocycles. The van der Waals surface area contributed by atoms with Gasteiger partial charge in [0.1, 0.15) is 18.1 Å². The number of likely N-dealkylation sites (N-methyl/N-ethyl adjacent to an activating group) is 1. The fraction of sp³-hybridized carbons (Fsp3) is 0.360. The quantitative estimate of drug-likeness (QED) is 0.511. The lowest BCUT2D eigenvalue weighted by Gasteiger charge is -2.18. The molecule has 2 N–H and O–H groups in total. The fourth-order valence-corrected chi connectivity index (χ4v) is 2.94. The maximum atomic E-state index is 12.6. The Kier molecular flexibility index (Phi) is 10.3. The minimum atomic E-state index is -0.324. The second kappa shape index (κ2) is 13.2. The van der Waals surface area contributed by atoms with Gasteiger partial charge in [0, 0.05) is 18.7 Å². The summed E-state index contributed by atoms with van der Waals surface area (Å²) in [6, 6.07) is 16.3. The monoisotopic (exact) mass is 423 g/mol. The molecule has 0 bridgehead atoms.